The maximum atomic E-state index is 6.18. The molecule has 1 atom stereocenters. The fraction of sp³-hybridized carbons (Fsp3) is 0.722. The summed E-state index contributed by atoms with van der Waals surface area (Å²) in [5.41, 5.74) is 2.76. The van der Waals surface area contributed by atoms with Crippen molar-refractivity contribution in [3.63, 3.8) is 0 Å². The SMILES string of the molecule is CCc1cccnc1CNC1CCOC2(CCCCC2)C1. The molecule has 3 heteroatoms. The summed E-state index contributed by atoms with van der Waals surface area (Å²) >= 11 is 0. The summed E-state index contributed by atoms with van der Waals surface area (Å²) < 4.78 is 6.18. The van der Waals surface area contributed by atoms with Crippen molar-refractivity contribution in [1.82, 2.24) is 10.3 Å². The summed E-state index contributed by atoms with van der Waals surface area (Å²) in [6, 6.07) is 4.81. The highest BCUT2D eigenvalue weighted by Gasteiger charge is 2.38. The van der Waals surface area contributed by atoms with Crippen molar-refractivity contribution in [2.75, 3.05) is 6.61 Å². The molecule has 0 aromatic carbocycles. The predicted octanol–water partition coefficient (Wildman–Crippen LogP) is 3.62. The third-order valence-corrected chi connectivity index (χ3v) is 5.18. The summed E-state index contributed by atoms with van der Waals surface area (Å²) in [6.45, 7) is 4.01. The van der Waals surface area contributed by atoms with Gasteiger partial charge in [0.2, 0.25) is 0 Å². The molecule has 2 aliphatic rings. The zero-order chi connectivity index (χ0) is 14.5. The second-order valence-electron chi connectivity index (χ2n) is 6.63. The van der Waals surface area contributed by atoms with Gasteiger partial charge in [0.25, 0.3) is 0 Å². The first-order valence-corrected chi connectivity index (χ1v) is 8.61. The quantitative estimate of drug-likeness (QED) is 0.919. The smallest absolute Gasteiger partial charge is 0.0697 e. The number of hydrogen-bond donors (Lipinski definition) is 1. The van der Waals surface area contributed by atoms with Crippen LogP contribution < -0.4 is 5.32 Å². The second kappa shape index (κ2) is 6.89. The van der Waals surface area contributed by atoms with Gasteiger partial charge in [-0.2, -0.15) is 0 Å². The monoisotopic (exact) mass is 288 g/mol. The van der Waals surface area contributed by atoms with Gasteiger partial charge in [-0.1, -0.05) is 32.3 Å². The minimum atomic E-state index is 0.186. The van der Waals surface area contributed by atoms with Gasteiger partial charge >= 0.3 is 0 Å². The lowest BCUT2D eigenvalue weighted by molar-refractivity contribution is -0.109. The molecule has 0 radical (unpaired) electrons. The number of aryl methyl sites for hydroxylation is 1. The van der Waals surface area contributed by atoms with Crippen molar-refractivity contribution in [2.45, 2.75) is 76.5 Å². The van der Waals surface area contributed by atoms with Crippen LogP contribution in [0.25, 0.3) is 0 Å². The lowest BCUT2D eigenvalue weighted by atomic mass is 9.78. The van der Waals surface area contributed by atoms with Crippen molar-refractivity contribution in [3.05, 3.63) is 29.6 Å². The Balaban J connectivity index is 1.57. The van der Waals surface area contributed by atoms with Crippen LogP contribution in [0.4, 0.5) is 0 Å². The summed E-state index contributed by atoms with van der Waals surface area (Å²) in [7, 11) is 0. The normalized spacial score (nSPS) is 25.1. The number of nitrogens with one attached hydrogen (secondary N) is 1. The predicted molar refractivity (Wildman–Crippen MR) is 85.2 cm³/mol. The maximum absolute atomic E-state index is 6.18. The van der Waals surface area contributed by atoms with E-state index in [0.29, 0.717) is 6.04 Å². The van der Waals surface area contributed by atoms with E-state index in [9.17, 15) is 0 Å². The molecule has 1 saturated heterocycles. The fourth-order valence-electron chi connectivity index (χ4n) is 3.94. The highest BCUT2D eigenvalue weighted by Crippen LogP contribution is 2.38. The molecule has 0 bridgehead atoms. The average molecular weight is 288 g/mol. The van der Waals surface area contributed by atoms with E-state index in [1.807, 2.05) is 12.3 Å². The fourth-order valence-corrected chi connectivity index (χ4v) is 3.94. The Kier molecular flexibility index (Phi) is 4.91. The molecule has 1 unspecified atom stereocenters. The van der Waals surface area contributed by atoms with Crippen molar-refractivity contribution in [1.29, 1.82) is 0 Å². The van der Waals surface area contributed by atoms with E-state index in [4.69, 9.17) is 4.74 Å². The minimum Gasteiger partial charge on any atom is -0.375 e. The molecule has 116 valence electrons. The molecule has 3 rings (SSSR count). The lowest BCUT2D eigenvalue weighted by Gasteiger charge is -2.43. The van der Waals surface area contributed by atoms with Crippen LogP contribution in [0.3, 0.4) is 0 Å². The Morgan fingerprint density at radius 1 is 1.33 bits per heavy atom. The van der Waals surface area contributed by atoms with Gasteiger partial charge in [-0.05, 0) is 43.7 Å². The number of aromatic nitrogens is 1. The molecule has 1 spiro atoms. The molecule has 21 heavy (non-hydrogen) atoms. The van der Waals surface area contributed by atoms with E-state index >= 15 is 0 Å². The first kappa shape index (κ1) is 15.0. The van der Waals surface area contributed by atoms with E-state index in [0.717, 1.165) is 26.0 Å². The molecule has 3 nitrogen and oxygen atoms in total. The van der Waals surface area contributed by atoms with Crippen molar-refractivity contribution < 1.29 is 4.74 Å². The van der Waals surface area contributed by atoms with Gasteiger partial charge < -0.3 is 10.1 Å². The molecule has 1 aromatic heterocycles. The Hall–Kier alpha value is -0.930. The van der Waals surface area contributed by atoms with Gasteiger partial charge in [-0.3, -0.25) is 4.98 Å². The molecule has 1 aromatic rings. The summed E-state index contributed by atoms with van der Waals surface area (Å²) in [5, 5.41) is 3.74. The molecule has 2 fully saturated rings. The van der Waals surface area contributed by atoms with Gasteiger partial charge in [0.1, 0.15) is 0 Å². The molecular formula is C18H28N2O. The zero-order valence-electron chi connectivity index (χ0n) is 13.2. The van der Waals surface area contributed by atoms with E-state index in [2.05, 4.69) is 23.3 Å². The van der Waals surface area contributed by atoms with Crippen LogP contribution in [0.5, 0.6) is 0 Å². The van der Waals surface area contributed by atoms with E-state index in [1.54, 1.807) is 0 Å². The van der Waals surface area contributed by atoms with Gasteiger partial charge in [-0.15, -0.1) is 0 Å². The van der Waals surface area contributed by atoms with Crippen LogP contribution in [-0.2, 0) is 17.7 Å². The Morgan fingerprint density at radius 3 is 3.00 bits per heavy atom. The number of rotatable bonds is 4. The number of pyridine rings is 1. The number of ether oxygens (including phenoxy) is 1. The third-order valence-electron chi connectivity index (χ3n) is 5.18. The molecular weight excluding hydrogens is 260 g/mol. The van der Waals surface area contributed by atoms with E-state index < -0.39 is 0 Å². The number of nitrogens with zero attached hydrogens (tertiary/aromatic N) is 1. The standard InChI is InChI=1S/C18H28N2O/c1-2-15-7-6-11-19-17(15)14-20-16-8-12-21-18(13-16)9-4-3-5-10-18/h6-7,11,16,20H,2-5,8-10,12-14H2,1H3. The first-order valence-electron chi connectivity index (χ1n) is 8.61. The average Bonchev–Trinajstić information content (AvgIpc) is 2.54. The largest absolute Gasteiger partial charge is 0.375 e. The van der Waals surface area contributed by atoms with Crippen molar-refractivity contribution in [2.24, 2.45) is 0 Å². The first-order chi connectivity index (χ1) is 10.3. The van der Waals surface area contributed by atoms with Crippen LogP contribution in [0.2, 0.25) is 0 Å². The van der Waals surface area contributed by atoms with Crippen LogP contribution >= 0.6 is 0 Å². The van der Waals surface area contributed by atoms with E-state index in [1.165, 1.54) is 49.8 Å². The topological polar surface area (TPSA) is 34.2 Å². The maximum Gasteiger partial charge on any atom is 0.0697 e. The van der Waals surface area contributed by atoms with Gasteiger partial charge in [0.15, 0.2) is 0 Å². The van der Waals surface area contributed by atoms with E-state index in [-0.39, 0.29) is 5.60 Å². The molecule has 1 N–H and O–H groups in total. The molecule has 2 heterocycles. The summed E-state index contributed by atoms with van der Waals surface area (Å²) in [5.74, 6) is 0. The Morgan fingerprint density at radius 2 is 2.19 bits per heavy atom. The van der Waals surface area contributed by atoms with Crippen LogP contribution in [0.15, 0.2) is 18.3 Å². The number of hydrogen-bond acceptors (Lipinski definition) is 3. The lowest BCUT2D eigenvalue weighted by Crippen LogP contribution is -2.48. The zero-order valence-corrected chi connectivity index (χ0v) is 13.2. The highest BCUT2D eigenvalue weighted by molar-refractivity contribution is 5.19. The van der Waals surface area contributed by atoms with Crippen molar-refractivity contribution >= 4 is 0 Å². The summed E-state index contributed by atoms with van der Waals surface area (Å²) in [4.78, 5) is 4.54. The van der Waals surface area contributed by atoms with Crippen LogP contribution in [-0.4, -0.2) is 23.2 Å². The van der Waals surface area contributed by atoms with Gasteiger partial charge in [0, 0.05) is 25.4 Å². The molecule has 1 aliphatic carbocycles. The van der Waals surface area contributed by atoms with Crippen molar-refractivity contribution in [3.8, 4) is 0 Å². The minimum absolute atomic E-state index is 0.186. The molecule has 0 amide bonds. The van der Waals surface area contributed by atoms with Crippen LogP contribution in [0.1, 0.15) is 63.1 Å². The highest BCUT2D eigenvalue weighted by atomic mass is 16.5. The van der Waals surface area contributed by atoms with Gasteiger partial charge in [0.05, 0.1) is 11.3 Å². The Bertz CT molecular complexity index is 449. The molecule has 1 aliphatic heterocycles. The van der Waals surface area contributed by atoms with Crippen LogP contribution in [0, 0.1) is 0 Å². The molecule has 1 saturated carbocycles. The Labute approximate surface area is 128 Å². The van der Waals surface area contributed by atoms with Gasteiger partial charge in [-0.25, -0.2) is 0 Å². The second-order valence-corrected chi connectivity index (χ2v) is 6.63. The third kappa shape index (κ3) is 3.64. The summed E-state index contributed by atoms with van der Waals surface area (Å²) in [6.07, 6.45) is 11.9.